The van der Waals surface area contributed by atoms with Crippen molar-refractivity contribution in [2.45, 2.75) is 12.5 Å². The molecule has 140 valence electrons. The Balaban J connectivity index is 1.71. The van der Waals surface area contributed by atoms with Gasteiger partial charge < -0.3 is 9.73 Å². The quantitative estimate of drug-likeness (QED) is 0.827. The van der Waals surface area contributed by atoms with Crippen LogP contribution in [0.2, 0.25) is 0 Å². The van der Waals surface area contributed by atoms with E-state index in [0.717, 1.165) is 11.3 Å². The van der Waals surface area contributed by atoms with Gasteiger partial charge in [0.2, 0.25) is 10.0 Å². The average Bonchev–Trinajstić information content (AvgIpc) is 3.22. The van der Waals surface area contributed by atoms with Crippen molar-refractivity contribution in [1.82, 2.24) is 10.2 Å². The Morgan fingerprint density at radius 3 is 2.73 bits per heavy atom. The maximum atomic E-state index is 12.5. The van der Waals surface area contributed by atoms with E-state index >= 15 is 0 Å². The molecule has 2 heterocycles. The fourth-order valence-electron chi connectivity index (χ4n) is 3.17. The summed E-state index contributed by atoms with van der Waals surface area (Å²) in [6.45, 7) is 0.826. The lowest BCUT2D eigenvalue weighted by atomic mass is 10.1. The maximum absolute atomic E-state index is 12.5. The van der Waals surface area contributed by atoms with Crippen LogP contribution in [0.4, 0.5) is 5.69 Å². The van der Waals surface area contributed by atoms with Crippen LogP contribution in [0.5, 0.6) is 0 Å². The number of furan rings is 1. The van der Waals surface area contributed by atoms with Gasteiger partial charge in [0.15, 0.2) is 0 Å². The molecule has 0 radical (unpaired) electrons. The van der Waals surface area contributed by atoms with E-state index in [2.05, 4.69) is 5.32 Å². The molecule has 1 aliphatic rings. The van der Waals surface area contributed by atoms with Gasteiger partial charge in [-0.3, -0.25) is 14.0 Å². The fraction of sp³-hybridized carbons (Fsp3) is 0.389. The molecule has 2 aromatic rings. The number of fused-ring (bicyclic) bond motifs is 1. The van der Waals surface area contributed by atoms with Gasteiger partial charge in [-0.25, -0.2) is 8.42 Å². The molecule has 1 aromatic heterocycles. The summed E-state index contributed by atoms with van der Waals surface area (Å²) in [5, 5.41) is 2.93. The van der Waals surface area contributed by atoms with Gasteiger partial charge >= 0.3 is 0 Å². The molecule has 1 amide bonds. The van der Waals surface area contributed by atoms with Crippen LogP contribution >= 0.6 is 0 Å². The number of carbonyl (C=O) groups excluding carboxylic acids is 1. The van der Waals surface area contributed by atoms with E-state index in [1.54, 1.807) is 24.5 Å². The van der Waals surface area contributed by atoms with E-state index < -0.39 is 10.0 Å². The number of sulfonamides is 1. The number of hydrogen-bond acceptors (Lipinski definition) is 5. The number of nitrogens with zero attached hydrogens (tertiary/aromatic N) is 2. The zero-order valence-corrected chi connectivity index (χ0v) is 15.9. The minimum atomic E-state index is -3.29. The number of hydrogen-bond donors (Lipinski definition) is 1. The monoisotopic (exact) mass is 377 g/mol. The van der Waals surface area contributed by atoms with E-state index in [-0.39, 0.29) is 11.9 Å². The Morgan fingerprint density at radius 1 is 1.35 bits per heavy atom. The Kier molecular flexibility index (Phi) is 5.06. The summed E-state index contributed by atoms with van der Waals surface area (Å²) in [7, 11) is 0.562. The molecule has 0 spiro atoms. The van der Waals surface area contributed by atoms with Gasteiger partial charge in [0.05, 0.1) is 24.2 Å². The summed E-state index contributed by atoms with van der Waals surface area (Å²) in [5.74, 6) is 0.594. The second kappa shape index (κ2) is 7.13. The first-order valence-electron chi connectivity index (χ1n) is 8.36. The lowest BCUT2D eigenvalue weighted by Crippen LogP contribution is -2.34. The lowest BCUT2D eigenvalue weighted by Gasteiger charge is -2.22. The van der Waals surface area contributed by atoms with E-state index in [1.807, 2.05) is 31.1 Å². The van der Waals surface area contributed by atoms with Gasteiger partial charge in [-0.2, -0.15) is 0 Å². The number of benzene rings is 1. The number of nitrogens with one attached hydrogen (secondary N) is 1. The normalized spacial score (nSPS) is 15.2. The second-order valence-corrected chi connectivity index (χ2v) is 8.54. The fourth-order valence-corrected chi connectivity index (χ4v) is 4.13. The van der Waals surface area contributed by atoms with Crippen LogP contribution in [0.25, 0.3) is 0 Å². The summed E-state index contributed by atoms with van der Waals surface area (Å²) in [5.41, 5.74) is 2.06. The summed E-state index contributed by atoms with van der Waals surface area (Å²) < 4.78 is 30.4. The van der Waals surface area contributed by atoms with Crippen LogP contribution in [0.3, 0.4) is 0 Å². The summed E-state index contributed by atoms with van der Waals surface area (Å²) in [6, 6.07) is 8.77. The zero-order chi connectivity index (χ0) is 18.9. The zero-order valence-electron chi connectivity index (χ0n) is 15.1. The van der Waals surface area contributed by atoms with Crippen LogP contribution in [0.15, 0.2) is 41.0 Å². The van der Waals surface area contributed by atoms with Gasteiger partial charge in [-0.05, 0) is 56.4 Å². The van der Waals surface area contributed by atoms with Crippen molar-refractivity contribution in [1.29, 1.82) is 0 Å². The molecular formula is C18H23N3O4S. The molecule has 7 nitrogen and oxygen atoms in total. The highest BCUT2D eigenvalue weighted by Crippen LogP contribution is 2.30. The molecule has 26 heavy (non-hydrogen) atoms. The maximum Gasteiger partial charge on any atom is 0.251 e. The number of anilines is 1. The van der Waals surface area contributed by atoms with E-state index in [0.29, 0.717) is 30.8 Å². The third-order valence-electron chi connectivity index (χ3n) is 4.55. The predicted octanol–water partition coefficient (Wildman–Crippen LogP) is 1.63. The number of amides is 1. The van der Waals surface area contributed by atoms with Gasteiger partial charge in [0, 0.05) is 18.7 Å². The van der Waals surface area contributed by atoms with Crippen LogP contribution in [0.1, 0.15) is 27.7 Å². The van der Waals surface area contributed by atoms with Crippen molar-refractivity contribution in [3.8, 4) is 0 Å². The lowest BCUT2D eigenvalue weighted by molar-refractivity contribution is 0.0939. The molecule has 0 saturated heterocycles. The van der Waals surface area contributed by atoms with E-state index in [4.69, 9.17) is 4.42 Å². The molecule has 8 heteroatoms. The van der Waals surface area contributed by atoms with Crippen molar-refractivity contribution in [3.05, 3.63) is 53.5 Å². The Labute approximate surface area is 153 Å². The Morgan fingerprint density at radius 2 is 2.12 bits per heavy atom. The largest absolute Gasteiger partial charge is 0.468 e. The molecule has 0 fully saturated rings. The topological polar surface area (TPSA) is 82.9 Å². The van der Waals surface area contributed by atoms with Crippen LogP contribution in [-0.2, 0) is 16.4 Å². The van der Waals surface area contributed by atoms with Crippen LogP contribution < -0.4 is 9.62 Å². The average molecular weight is 377 g/mol. The highest BCUT2D eigenvalue weighted by Gasteiger charge is 2.27. The van der Waals surface area contributed by atoms with Crippen molar-refractivity contribution in [2.24, 2.45) is 0 Å². The smallest absolute Gasteiger partial charge is 0.251 e. The first kappa shape index (κ1) is 18.5. The van der Waals surface area contributed by atoms with Crippen LogP contribution in [-0.4, -0.2) is 52.7 Å². The molecule has 0 aliphatic carbocycles. The van der Waals surface area contributed by atoms with Crippen molar-refractivity contribution < 1.29 is 17.6 Å². The summed E-state index contributed by atoms with van der Waals surface area (Å²) in [4.78, 5) is 14.5. The molecule has 1 aliphatic heterocycles. The molecule has 0 saturated carbocycles. The molecule has 1 aromatic carbocycles. The van der Waals surface area contributed by atoms with Crippen molar-refractivity contribution in [3.63, 3.8) is 0 Å². The predicted molar refractivity (Wildman–Crippen MR) is 99.8 cm³/mol. The van der Waals surface area contributed by atoms with E-state index in [9.17, 15) is 13.2 Å². The number of rotatable bonds is 6. The standard InChI is InChI=1S/C18H23N3O4S/c1-20(2)16(17-5-4-10-25-17)12-19-18(22)14-6-7-15-13(11-14)8-9-21(15)26(3,23)24/h4-7,10-11,16H,8-9,12H2,1-3H3,(H,19,22). The SMILES string of the molecule is CN(C)C(CNC(=O)c1ccc2c(c1)CCN2S(C)(=O)=O)c1ccco1. The summed E-state index contributed by atoms with van der Waals surface area (Å²) in [6.07, 6.45) is 3.41. The third-order valence-corrected chi connectivity index (χ3v) is 5.73. The molecule has 1 unspecified atom stereocenters. The number of likely N-dealkylation sites (N-methyl/N-ethyl adjacent to an activating group) is 1. The van der Waals surface area contributed by atoms with Gasteiger partial charge in [-0.15, -0.1) is 0 Å². The first-order chi connectivity index (χ1) is 12.3. The molecule has 0 bridgehead atoms. The summed E-state index contributed by atoms with van der Waals surface area (Å²) >= 11 is 0. The van der Waals surface area contributed by atoms with E-state index in [1.165, 1.54) is 10.6 Å². The van der Waals surface area contributed by atoms with Crippen molar-refractivity contribution >= 4 is 21.6 Å². The molecule has 1 atom stereocenters. The minimum absolute atomic E-state index is 0.0656. The molecular weight excluding hydrogens is 354 g/mol. The van der Waals surface area contributed by atoms with Crippen molar-refractivity contribution in [2.75, 3.05) is 37.7 Å². The number of carbonyl (C=O) groups is 1. The minimum Gasteiger partial charge on any atom is -0.468 e. The highest BCUT2D eigenvalue weighted by molar-refractivity contribution is 7.92. The first-order valence-corrected chi connectivity index (χ1v) is 10.2. The van der Waals surface area contributed by atoms with Gasteiger partial charge in [-0.1, -0.05) is 0 Å². The van der Waals surface area contributed by atoms with Crippen LogP contribution in [0, 0.1) is 0 Å². The third kappa shape index (κ3) is 3.76. The van der Waals surface area contributed by atoms with Gasteiger partial charge in [0.1, 0.15) is 5.76 Å². The second-order valence-electron chi connectivity index (χ2n) is 6.63. The Bertz CT molecular complexity index is 891. The highest BCUT2D eigenvalue weighted by atomic mass is 32.2. The molecule has 1 N–H and O–H groups in total. The molecule has 3 rings (SSSR count). The van der Waals surface area contributed by atoms with Gasteiger partial charge in [0.25, 0.3) is 5.91 Å². The Hall–Kier alpha value is -2.32.